The Morgan fingerprint density at radius 3 is 2.25 bits per heavy atom. The Bertz CT molecular complexity index is 311. The quantitative estimate of drug-likeness (QED) is 0.581. The molecule has 0 amide bonds. The molecule has 0 saturated heterocycles. The maximum Gasteiger partial charge on any atom is 0.115 e. The molecule has 0 spiro atoms. The minimum absolute atomic E-state index is 0.0548. The Balaban J connectivity index is 2.50. The van der Waals surface area contributed by atoms with Gasteiger partial charge in [0.25, 0.3) is 0 Å². The highest BCUT2D eigenvalue weighted by molar-refractivity contribution is 5.26. The van der Waals surface area contributed by atoms with E-state index in [-0.39, 0.29) is 17.8 Å². The highest BCUT2D eigenvalue weighted by Crippen LogP contribution is 2.12. The average molecular weight is 224 g/mol. The van der Waals surface area contributed by atoms with Crippen LogP contribution < -0.4 is 11.5 Å². The highest BCUT2D eigenvalue weighted by atomic mass is 16.3. The predicted molar refractivity (Wildman–Crippen MR) is 64.1 cm³/mol. The number of aromatic hydroxyl groups is 1. The minimum atomic E-state index is -0.589. The number of phenolic OH excluding ortho intramolecular Hbond substituents is 1. The van der Waals surface area contributed by atoms with Crippen molar-refractivity contribution in [3.63, 3.8) is 0 Å². The molecule has 0 bridgehead atoms. The normalized spacial score (nSPS) is 16.8. The molecule has 0 fully saturated rings. The van der Waals surface area contributed by atoms with Crippen LogP contribution in [0.5, 0.6) is 5.75 Å². The molecule has 0 unspecified atom stereocenters. The lowest BCUT2D eigenvalue weighted by Crippen LogP contribution is -2.39. The third-order valence-corrected chi connectivity index (χ3v) is 2.52. The molecule has 90 valence electrons. The summed E-state index contributed by atoms with van der Waals surface area (Å²) in [7, 11) is 0. The van der Waals surface area contributed by atoms with E-state index < -0.39 is 6.10 Å². The molecule has 3 atom stereocenters. The topological polar surface area (TPSA) is 92.5 Å². The van der Waals surface area contributed by atoms with E-state index in [1.54, 1.807) is 24.3 Å². The van der Waals surface area contributed by atoms with E-state index in [0.717, 1.165) is 5.56 Å². The molecule has 6 N–H and O–H groups in total. The molecule has 4 heteroatoms. The van der Waals surface area contributed by atoms with Crippen molar-refractivity contribution in [1.29, 1.82) is 0 Å². The maximum atomic E-state index is 9.75. The summed E-state index contributed by atoms with van der Waals surface area (Å²) in [4.78, 5) is 0. The number of hydrogen-bond donors (Lipinski definition) is 4. The Morgan fingerprint density at radius 1 is 1.19 bits per heavy atom. The molecule has 1 aromatic rings. The molecule has 16 heavy (non-hydrogen) atoms. The molecule has 1 rings (SSSR count). The first kappa shape index (κ1) is 13.0. The summed E-state index contributed by atoms with van der Waals surface area (Å²) in [6.45, 7) is 1.84. The van der Waals surface area contributed by atoms with Crippen molar-refractivity contribution in [3.05, 3.63) is 29.8 Å². The van der Waals surface area contributed by atoms with Crippen LogP contribution in [-0.2, 0) is 6.42 Å². The van der Waals surface area contributed by atoms with Gasteiger partial charge in [-0.1, -0.05) is 12.1 Å². The first-order chi connectivity index (χ1) is 7.49. The Hall–Kier alpha value is -1.10. The summed E-state index contributed by atoms with van der Waals surface area (Å²) in [5.74, 6) is 0.230. The minimum Gasteiger partial charge on any atom is -0.508 e. The van der Waals surface area contributed by atoms with Gasteiger partial charge in [0.15, 0.2) is 0 Å². The van der Waals surface area contributed by atoms with Crippen LogP contribution in [0.2, 0.25) is 0 Å². The van der Waals surface area contributed by atoms with Gasteiger partial charge in [-0.25, -0.2) is 0 Å². The number of rotatable bonds is 5. The van der Waals surface area contributed by atoms with Gasteiger partial charge in [-0.2, -0.15) is 0 Å². The van der Waals surface area contributed by atoms with Crippen molar-refractivity contribution in [3.8, 4) is 5.75 Å². The molecule has 0 aliphatic heterocycles. The molecule has 0 aliphatic rings. The predicted octanol–water partition coefficient (Wildman–Crippen LogP) is 0.360. The van der Waals surface area contributed by atoms with Crippen molar-refractivity contribution < 1.29 is 10.2 Å². The first-order valence-electron chi connectivity index (χ1n) is 5.46. The third-order valence-electron chi connectivity index (χ3n) is 2.52. The second kappa shape index (κ2) is 5.84. The van der Waals surface area contributed by atoms with Crippen LogP contribution in [0.4, 0.5) is 0 Å². The Labute approximate surface area is 95.9 Å². The molecular weight excluding hydrogens is 204 g/mol. The summed E-state index contributed by atoms with van der Waals surface area (Å²) >= 11 is 0. The molecule has 0 radical (unpaired) electrons. The largest absolute Gasteiger partial charge is 0.508 e. The molecular formula is C12H20N2O2. The highest BCUT2D eigenvalue weighted by Gasteiger charge is 2.16. The Kier molecular flexibility index (Phi) is 4.73. The SMILES string of the molecule is C[C@H](N)C[C@H](O)[C@@H](N)Cc1ccc(O)cc1. The monoisotopic (exact) mass is 224 g/mol. The summed E-state index contributed by atoms with van der Waals surface area (Å²) < 4.78 is 0. The lowest BCUT2D eigenvalue weighted by molar-refractivity contribution is 0.128. The zero-order chi connectivity index (χ0) is 12.1. The standard InChI is InChI=1S/C12H20N2O2/c1-8(13)6-12(16)11(14)7-9-2-4-10(15)5-3-9/h2-5,8,11-12,15-16H,6-7,13-14H2,1H3/t8-,11-,12-/m0/s1. The van der Waals surface area contributed by atoms with E-state index in [2.05, 4.69) is 0 Å². The van der Waals surface area contributed by atoms with Crippen LogP contribution in [0.15, 0.2) is 24.3 Å². The van der Waals surface area contributed by atoms with Gasteiger partial charge in [0.2, 0.25) is 0 Å². The second-order valence-electron chi connectivity index (χ2n) is 4.31. The number of aliphatic hydroxyl groups is 1. The molecule has 4 nitrogen and oxygen atoms in total. The maximum absolute atomic E-state index is 9.75. The van der Waals surface area contributed by atoms with Crippen LogP contribution in [0.3, 0.4) is 0 Å². The third kappa shape index (κ3) is 4.18. The van der Waals surface area contributed by atoms with E-state index >= 15 is 0 Å². The fourth-order valence-electron chi connectivity index (χ4n) is 1.60. The smallest absolute Gasteiger partial charge is 0.115 e. The van der Waals surface area contributed by atoms with E-state index in [9.17, 15) is 5.11 Å². The number of benzene rings is 1. The van der Waals surface area contributed by atoms with E-state index in [1.165, 1.54) is 0 Å². The fourth-order valence-corrected chi connectivity index (χ4v) is 1.60. The van der Waals surface area contributed by atoms with Crippen LogP contribution in [0.25, 0.3) is 0 Å². The Morgan fingerprint density at radius 2 is 1.75 bits per heavy atom. The summed E-state index contributed by atoms with van der Waals surface area (Å²) in [6, 6.07) is 6.44. The van der Waals surface area contributed by atoms with Crippen molar-refractivity contribution in [2.45, 2.75) is 38.0 Å². The number of aliphatic hydroxyl groups excluding tert-OH is 1. The number of phenols is 1. The van der Waals surface area contributed by atoms with Gasteiger partial charge in [-0.3, -0.25) is 0 Å². The van der Waals surface area contributed by atoms with Gasteiger partial charge in [0.1, 0.15) is 5.75 Å². The first-order valence-corrected chi connectivity index (χ1v) is 5.46. The van der Waals surface area contributed by atoms with Gasteiger partial charge < -0.3 is 21.7 Å². The van der Waals surface area contributed by atoms with Gasteiger partial charge in [0.05, 0.1) is 6.10 Å². The number of nitrogens with two attached hydrogens (primary N) is 2. The summed E-state index contributed by atoms with van der Waals surface area (Å²) in [5, 5.41) is 18.9. The van der Waals surface area contributed by atoms with Crippen LogP contribution in [0.1, 0.15) is 18.9 Å². The lowest BCUT2D eigenvalue weighted by atomic mass is 9.98. The van der Waals surface area contributed by atoms with E-state index in [1.807, 2.05) is 6.92 Å². The van der Waals surface area contributed by atoms with Gasteiger partial charge in [-0.15, -0.1) is 0 Å². The van der Waals surface area contributed by atoms with Crippen LogP contribution in [0, 0.1) is 0 Å². The molecule has 0 aliphatic carbocycles. The summed E-state index contributed by atoms with van der Waals surface area (Å²) in [5.41, 5.74) is 12.5. The van der Waals surface area contributed by atoms with Crippen molar-refractivity contribution in [1.82, 2.24) is 0 Å². The van der Waals surface area contributed by atoms with Gasteiger partial charge in [-0.05, 0) is 37.5 Å². The average Bonchev–Trinajstić information content (AvgIpc) is 2.20. The molecule has 0 aromatic heterocycles. The fraction of sp³-hybridized carbons (Fsp3) is 0.500. The molecule has 1 aromatic carbocycles. The van der Waals surface area contributed by atoms with Crippen LogP contribution >= 0.6 is 0 Å². The van der Waals surface area contributed by atoms with E-state index in [0.29, 0.717) is 12.8 Å². The van der Waals surface area contributed by atoms with Crippen LogP contribution in [-0.4, -0.2) is 28.4 Å². The summed E-state index contributed by atoms with van der Waals surface area (Å²) in [6.07, 6.45) is 0.488. The zero-order valence-electron chi connectivity index (χ0n) is 9.50. The van der Waals surface area contributed by atoms with Crippen molar-refractivity contribution >= 4 is 0 Å². The second-order valence-corrected chi connectivity index (χ2v) is 4.31. The molecule has 0 saturated carbocycles. The lowest BCUT2D eigenvalue weighted by Gasteiger charge is -2.20. The van der Waals surface area contributed by atoms with Crippen molar-refractivity contribution in [2.75, 3.05) is 0 Å². The molecule has 0 heterocycles. The van der Waals surface area contributed by atoms with Gasteiger partial charge in [0, 0.05) is 12.1 Å². The van der Waals surface area contributed by atoms with E-state index in [4.69, 9.17) is 16.6 Å². The van der Waals surface area contributed by atoms with Gasteiger partial charge >= 0.3 is 0 Å². The van der Waals surface area contributed by atoms with Crippen molar-refractivity contribution in [2.24, 2.45) is 11.5 Å². The zero-order valence-corrected chi connectivity index (χ0v) is 9.50. The number of hydrogen-bond acceptors (Lipinski definition) is 4.